The van der Waals surface area contributed by atoms with Crippen LogP contribution in [-0.2, 0) is 18.3 Å². The van der Waals surface area contributed by atoms with Gasteiger partial charge < -0.3 is 14.8 Å². The number of hydrogen-bond donors (Lipinski definition) is 1. The largest absolute Gasteiger partial charge is 0.491 e. The SMILES string of the molecule is COCCOc1ccc(NCc2cnnn2C)cc1. The van der Waals surface area contributed by atoms with Gasteiger partial charge in [0.2, 0.25) is 0 Å². The zero-order valence-electron chi connectivity index (χ0n) is 11.2. The van der Waals surface area contributed by atoms with Crippen LogP contribution in [0.1, 0.15) is 5.69 Å². The Bertz CT molecular complexity index is 496. The molecule has 0 fully saturated rings. The molecule has 102 valence electrons. The van der Waals surface area contributed by atoms with Gasteiger partial charge in [-0.15, -0.1) is 5.10 Å². The van der Waals surface area contributed by atoms with Gasteiger partial charge in [0.1, 0.15) is 12.4 Å². The molecule has 1 aromatic carbocycles. The first-order valence-electron chi connectivity index (χ1n) is 6.09. The molecule has 19 heavy (non-hydrogen) atoms. The highest BCUT2D eigenvalue weighted by Gasteiger charge is 2.00. The molecular formula is C13H18N4O2. The molecule has 0 saturated heterocycles. The lowest BCUT2D eigenvalue weighted by molar-refractivity contribution is 0.146. The third kappa shape index (κ3) is 3.96. The van der Waals surface area contributed by atoms with Crippen molar-refractivity contribution < 1.29 is 9.47 Å². The Kier molecular flexibility index (Phi) is 4.74. The van der Waals surface area contributed by atoms with E-state index in [9.17, 15) is 0 Å². The second-order valence-corrected chi connectivity index (χ2v) is 4.07. The molecule has 1 heterocycles. The van der Waals surface area contributed by atoms with Crippen molar-refractivity contribution in [3.05, 3.63) is 36.2 Å². The van der Waals surface area contributed by atoms with Crippen molar-refractivity contribution in [3.63, 3.8) is 0 Å². The molecule has 1 N–H and O–H groups in total. The van der Waals surface area contributed by atoms with Gasteiger partial charge in [0.25, 0.3) is 0 Å². The molecule has 0 radical (unpaired) electrons. The van der Waals surface area contributed by atoms with Gasteiger partial charge >= 0.3 is 0 Å². The molecule has 0 saturated carbocycles. The van der Waals surface area contributed by atoms with Crippen LogP contribution in [-0.4, -0.2) is 35.3 Å². The zero-order valence-corrected chi connectivity index (χ0v) is 11.2. The molecule has 1 aromatic heterocycles. The number of aromatic nitrogens is 3. The fourth-order valence-corrected chi connectivity index (χ4v) is 1.58. The lowest BCUT2D eigenvalue weighted by atomic mass is 10.3. The van der Waals surface area contributed by atoms with Crippen LogP contribution >= 0.6 is 0 Å². The molecule has 0 bridgehead atoms. The summed E-state index contributed by atoms with van der Waals surface area (Å²) in [4.78, 5) is 0. The number of nitrogens with one attached hydrogen (secondary N) is 1. The molecule has 6 nitrogen and oxygen atoms in total. The summed E-state index contributed by atoms with van der Waals surface area (Å²) in [6.45, 7) is 1.84. The van der Waals surface area contributed by atoms with Gasteiger partial charge in [-0.3, -0.25) is 4.68 Å². The van der Waals surface area contributed by atoms with E-state index in [1.54, 1.807) is 18.0 Å². The Morgan fingerprint density at radius 3 is 2.63 bits per heavy atom. The molecule has 0 unspecified atom stereocenters. The Hall–Kier alpha value is -2.08. The summed E-state index contributed by atoms with van der Waals surface area (Å²) in [6, 6.07) is 7.82. The number of nitrogens with zero attached hydrogens (tertiary/aromatic N) is 3. The lowest BCUT2D eigenvalue weighted by Crippen LogP contribution is -2.06. The molecular weight excluding hydrogens is 244 g/mol. The number of hydrogen-bond acceptors (Lipinski definition) is 5. The summed E-state index contributed by atoms with van der Waals surface area (Å²) in [6.07, 6.45) is 1.75. The normalized spacial score (nSPS) is 10.4. The summed E-state index contributed by atoms with van der Waals surface area (Å²) in [5, 5.41) is 11.0. The van der Waals surface area contributed by atoms with Gasteiger partial charge in [-0.2, -0.15) is 0 Å². The molecule has 0 aliphatic rings. The first-order valence-corrected chi connectivity index (χ1v) is 6.09. The fraction of sp³-hybridized carbons (Fsp3) is 0.385. The van der Waals surface area contributed by atoms with Crippen LogP contribution in [0, 0.1) is 0 Å². The minimum Gasteiger partial charge on any atom is -0.491 e. The fourth-order valence-electron chi connectivity index (χ4n) is 1.58. The first kappa shape index (κ1) is 13.4. The van der Waals surface area contributed by atoms with Crippen LogP contribution in [0.25, 0.3) is 0 Å². The second kappa shape index (κ2) is 6.75. The second-order valence-electron chi connectivity index (χ2n) is 4.07. The van der Waals surface area contributed by atoms with Gasteiger partial charge in [0.15, 0.2) is 0 Å². The quantitative estimate of drug-likeness (QED) is 0.765. The average Bonchev–Trinajstić information content (AvgIpc) is 2.84. The van der Waals surface area contributed by atoms with Crippen molar-refractivity contribution in [2.45, 2.75) is 6.54 Å². The van der Waals surface area contributed by atoms with Crippen LogP contribution in [0.5, 0.6) is 5.75 Å². The number of rotatable bonds is 7. The van der Waals surface area contributed by atoms with Crippen LogP contribution in [0.3, 0.4) is 0 Å². The third-order valence-corrected chi connectivity index (χ3v) is 2.69. The highest BCUT2D eigenvalue weighted by atomic mass is 16.5. The van der Waals surface area contributed by atoms with Crippen molar-refractivity contribution >= 4 is 5.69 Å². The van der Waals surface area contributed by atoms with E-state index in [1.807, 2.05) is 31.3 Å². The number of anilines is 1. The highest BCUT2D eigenvalue weighted by molar-refractivity contribution is 5.46. The highest BCUT2D eigenvalue weighted by Crippen LogP contribution is 2.16. The molecule has 0 atom stereocenters. The predicted octanol–water partition coefficient (Wildman–Crippen LogP) is 1.45. The predicted molar refractivity (Wildman–Crippen MR) is 72.1 cm³/mol. The zero-order chi connectivity index (χ0) is 13.5. The summed E-state index contributed by atoms with van der Waals surface area (Å²) < 4.78 is 12.2. The van der Waals surface area contributed by atoms with E-state index in [-0.39, 0.29) is 0 Å². The average molecular weight is 262 g/mol. The smallest absolute Gasteiger partial charge is 0.119 e. The number of ether oxygens (including phenoxy) is 2. The maximum absolute atomic E-state index is 5.49. The molecule has 0 aliphatic heterocycles. The van der Waals surface area contributed by atoms with Gasteiger partial charge in [-0.1, -0.05) is 5.21 Å². The van der Waals surface area contributed by atoms with Crippen LogP contribution < -0.4 is 10.1 Å². The molecule has 0 spiro atoms. The van der Waals surface area contributed by atoms with Gasteiger partial charge in [0, 0.05) is 19.8 Å². The monoisotopic (exact) mass is 262 g/mol. The minimum absolute atomic E-state index is 0.559. The molecule has 0 amide bonds. The van der Waals surface area contributed by atoms with Crippen molar-refractivity contribution in [1.82, 2.24) is 15.0 Å². The topological polar surface area (TPSA) is 61.2 Å². The van der Waals surface area contributed by atoms with Crippen LogP contribution in [0.4, 0.5) is 5.69 Å². The molecule has 2 rings (SSSR count). The van der Waals surface area contributed by atoms with Crippen molar-refractivity contribution in [2.24, 2.45) is 7.05 Å². The van der Waals surface area contributed by atoms with E-state index in [0.29, 0.717) is 19.8 Å². The van der Waals surface area contributed by atoms with Gasteiger partial charge in [0.05, 0.1) is 25.0 Å². The Labute approximate surface area is 112 Å². The maximum atomic E-state index is 5.49. The Morgan fingerprint density at radius 1 is 1.21 bits per heavy atom. The maximum Gasteiger partial charge on any atom is 0.119 e. The minimum atomic E-state index is 0.559. The van der Waals surface area contributed by atoms with Gasteiger partial charge in [-0.05, 0) is 24.3 Å². The number of aryl methyl sites for hydroxylation is 1. The van der Waals surface area contributed by atoms with E-state index in [0.717, 1.165) is 17.1 Å². The van der Waals surface area contributed by atoms with Crippen LogP contribution in [0.15, 0.2) is 30.5 Å². The lowest BCUT2D eigenvalue weighted by Gasteiger charge is -2.08. The molecule has 0 aliphatic carbocycles. The summed E-state index contributed by atoms with van der Waals surface area (Å²) in [5.41, 5.74) is 2.06. The van der Waals surface area contributed by atoms with E-state index in [4.69, 9.17) is 9.47 Å². The number of methoxy groups -OCH3 is 1. The summed E-state index contributed by atoms with van der Waals surface area (Å²) >= 11 is 0. The standard InChI is InChI=1S/C13H18N4O2/c1-17-12(10-15-16-17)9-14-11-3-5-13(6-4-11)19-8-7-18-2/h3-6,10,14H,7-9H2,1-2H3. The third-order valence-electron chi connectivity index (χ3n) is 2.69. The van der Waals surface area contributed by atoms with Gasteiger partial charge in [-0.25, -0.2) is 0 Å². The van der Waals surface area contributed by atoms with E-state index >= 15 is 0 Å². The summed E-state index contributed by atoms with van der Waals surface area (Å²) in [5.74, 6) is 0.838. The van der Waals surface area contributed by atoms with Crippen LogP contribution in [0.2, 0.25) is 0 Å². The number of benzene rings is 1. The Balaban J connectivity index is 1.83. The van der Waals surface area contributed by atoms with E-state index in [1.165, 1.54) is 0 Å². The molecule has 6 heteroatoms. The van der Waals surface area contributed by atoms with E-state index in [2.05, 4.69) is 15.6 Å². The first-order chi connectivity index (χ1) is 9.29. The van der Waals surface area contributed by atoms with Crippen molar-refractivity contribution in [1.29, 1.82) is 0 Å². The summed E-state index contributed by atoms with van der Waals surface area (Å²) in [7, 11) is 3.53. The van der Waals surface area contributed by atoms with E-state index < -0.39 is 0 Å². The molecule has 2 aromatic rings. The Morgan fingerprint density at radius 2 is 2.00 bits per heavy atom. The van der Waals surface area contributed by atoms with Crippen molar-refractivity contribution in [2.75, 3.05) is 25.6 Å². The van der Waals surface area contributed by atoms with Crippen molar-refractivity contribution in [3.8, 4) is 5.75 Å².